The zero-order valence-electron chi connectivity index (χ0n) is 10.5. The molecule has 0 aliphatic heterocycles. The highest BCUT2D eigenvalue weighted by molar-refractivity contribution is 9.10. The van der Waals surface area contributed by atoms with E-state index in [0.717, 1.165) is 21.4 Å². The quantitative estimate of drug-likeness (QED) is 0.883. The van der Waals surface area contributed by atoms with Crippen molar-refractivity contribution in [2.24, 2.45) is 0 Å². The van der Waals surface area contributed by atoms with E-state index in [0.29, 0.717) is 0 Å². The van der Waals surface area contributed by atoms with Crippen LogP contribution >= 0.6 is 27.3 Å². The molecular formula is C13H11BrN2O3S. The average Bonchev–Trinajstić information content (AvgIpc) is 2.88. The van der Waals surface area contributed by atoms with E-state index in [2.05, 4.69) is 26.2 Å². The van der Waals surface area contributed by atoms with Crippen LogP contribution in [0.3, 0.4) is 0 Å². The van der Waals surface area contributed by atoms with Crippen molar-refractivity contribution < 1.29 is 14.7 Å². The van der Waals surface area contributed by atoms with Crippen LogP contribution in [0.25, 0.3) is 0 Å². The lowest BCUT2D eigenvalue weighted by Crippen LogP contribution is -2.26. The van der Waals surface area contributed by atoms with E-state index in [9.17, 15) is 9.59 Å². The Bertz CT molecular complexity index is 657. The number of carboxylic acids is 1. The molecule has 1 unspecified atom stereocenters. The molecule has 20 heavy (non-hydrogen) atoms. The lowest BCUT2D eigenvalue weighted by molar-refractivity contribution is 0.0691. The smallest absolute Gasteiger partial charge is 0.355 e. The number of amides is 1. The van der Waals surface area contributed by atoms with Crippen LogP contribution in [0.5, 0.6) is 0 Å². The van der Waals surface area contributed by atoms with Gasteiger partial charge in [-0.1, -0.05) is 28.1 Å². The third-order valence-corrected chi connectivity index (χ3v) is 3.95. The Hall–Kier alpha value is -1.73. The Morgan fingerprint density at radius 1 is 1.45 bits per heavy atom. The first kappa shape index (κ1) is 14.7. The van der Waals surface area contributed by atoms with Gasteiger partial charge in [0, 0.05) is 9.85 Å². The van der Waals surface area contributed by atoms with Gasteiger partial charge in [0.15, 0.2) is 10.7 Å². The SMILES string of the molecule is CC(NC(=O)c1nc(C(=O)O)cs1)c1cccc(Br)c1. The summed E-state index contributed by atoms with van der Waals surface area (Å²) in [5, 5.41) is 13.1. The lowest BCUT2D eigenvalue weighted by atomic mass is 10.1. The highest BCUT2D eigenvalue weighted by Gasteiger charge is 2.17. The Labute approximate surface area is 127 Å². The standard InChI is InChI=1S/C13H11BrN2O3S/c1-7(8-3-2-4-9(14)5-8)15-11(17)12-16-10(6-20-12)13(18)19/h2-7H,1H3,(H,15,17)(H,18,19). The first-order chi connectivity index (χ1) is 9.47. The van der Waals surface area contributed by atoms with Crippen molar-refractivity contribution in [1.82, 2.24) is 10.3 Å². The van der Waals surface area contributed by atoms with E-state index >= 15 is 0 Å². The molecule has 2 N–H and O–H groups in total. The molecule has 7 heteroatoms. The Morgan fingerprint density at radius 3 is 2.80 bits per heavy atom. The van der Waals surface area contributed by atoms with Gasteiger partial charge in [-0.25, -0.2) is 9.78 Å². The number of rotatable bonds is 4. The van der Waals surface area contributed by atoms with Gasteiger partial charge in [0.2, 0.25) is 0 Å². The molecule has 1 aromatic heterocycles. The fraction of sp³-hybridized carbons (Fsp3) is 0.154. The molecular weight excluding hydrogens is 344 g/mol. The van der Waals surface area contributed by atoms with Gasteiger partial charge >= 0.3 is 5.97 Å². The highest BCUT2D eigenvalue weighted by Crippen LogP contribution is 2.19. The van der Waals surface area contributed by atoms with Gasteiger partial charge < -0.3 is 10.4 Å². The third kappa shape index (κ3) is 3.43. The summed E-state index contributed by atoms with van der Waals surface area (Å²) < 4.78 is 0.929. The molecule has 0 saturated carbocycles. The fourth-order valence-electron chi connectivity index (χ4n) is 1.59. The molecule has 1 aromatic carbocycles. The van der Waals surface area contributed by atoms with Crippen molar-refractivity contribution in [3.8, 4) is 0 Å². The molecule has 0 bridgehead atoms. The van der Waals surface area contributed by atoms with Crippen LogP contribution in [0, 0.1) is 0 Å². The molecule has 1 atom stereocenters. The van der Waals surface area contributed by atoms with Gasteiger partial charge in [-0.3, -0.25) is 4.79 Å². The number of hydrogen-bond donors (Lipinski definition) is 2. The maximum Gasteiger partial charge on any atom is 0.355 e. The molecule has 104 valence electrons. The Morgan fingerprint density at radius 2 is 2.20 bits per heavy atom. The molecule has 0 saturated heterocycles. The number of aromatic carboxylic acids is 1. The highest BCUT2D eigenvalue weighted by atomic mass is 79.9. The maximum absolute atomic E-state index is 12.0. The molecule has 0 spiro atoms. The van der Waals surface area contributed by atoms with Gasteiger partial charge in [-0.2, -0.15) is 0 Å². The number of thiazole rings is 1. The number of halogens is 1. The topological polar surface area (TPSA) is 79.3 Å². The van der Waals surface area contributed by atoms with Gasteiger partial charge in [-0.15, -0.1) is 11.3 Å². The van der Waals surface area contributed by atoms with Crippen molar-refractivity contribution >= 4 is 39.1 Å². The van der Waals surface area contributed by atoms with E-state index in [1.807, 2.05) is 31.2 Å². The van der Waals surface area contributed by atoms with Crippen molar-refractivity contribution in [1.29, 1.82) is 0 Å². The minimum atomic E-state index is -1.14. The molecule has 2 rings (SSSR count). The molecule has 1 heterocycles. The predicted molar refractivity (Wildman–Crippen MR) is 79.1 cm³/mol. The molecule has 5 nitrogen and oxygen atoms in total. The molecule has 1 amide bonds. The number of benzene rings is 1. The van der Waals surface area contributed by atoms with Gasteiger partial charge in [-0.05, 0) is 24.6 Å². The maximum atomic E-state index is 12.0. The Kier molecular flexibility index (Phi) is 4.51. The number of aromatic nitrogens is 1. The van der Waals surface area contributed by atoms with E-state index in [1.54, 1.807) is 0 Å². The first-order valence-electron chi connectivity index (χ1n) is 5.72. The van der Waals surface area contributed by atoms with Crippen molar-refractivity contribution in [2.45, 2.75) is 13.0 Å². The fourth-order valence-corrected chi connectivity index (χ4v) is 2.70. The van der Waals surface area contributed by atoms with Gasteiger partial charge in [0.1, 0.15) is 0 Å². The minimum absolute atomic E-state index is 0.116. The van der Waals surface area contributed by atoms with Crippen LogP contribution in [0.4, 0.5) is 0 Å². The summed E-state index contributed by atoms with van der Waals surface area (Å²) in [5.41, 5.74) is 0.831. The summed E-state index contributed by atoms with van der Waals surface area (Å²) in [6.07, 6.45) is 0. The summed E-state index contributed by atoms with van der Waals surface area (Å²) in [4.78, 5) is 26.5. The zero-order valence-corrected chi connectivity index (χ0v) is 12.9. The summed E-state index contributed by atoms with van der Waals surface area (Å²) in [5.74, 6) is -1.52. The number of nitrogens with zero attached hydrogens (tertiary/aromatic N) is 1. The number of nitrogens with one attached hydrogen (secondary N) is 1. The van der Waals surface area contributed by atoms with Gasteiger partial charge in [0.05, 0.1) is 6.04 Å². The van der Waals surface area contributed by atoms with Gasteiger partial charge in [0.25, 0.3) is 5.91 Å². The normalized spacial score (nSPS) is 11.9. The van der Waals surface area contributed by atoms with E-state index in [4.69, 9.17) is 5.11 Å². The summed E-state index contributed by atoms with van der Waals surface area (Å²) in [7, 11) is 0. The van der Waals surface area contributed by atoms with Crippen LogP contribution in [0.2, 0.25) is 0 Å². The number of carbonyl (C=O) groups excluding carboxylic acids is 1. The van der Waals surface area contributed by atoms with E-state index in [1.165, 1.54) is 5.38 Å². The second-order valence-electron chi connectivity index (χ2n) is 4.09. The monoisotopic (exact) mass is 354 g/mol. The predicted octanol–water partition coefficient (Wildman–Crippen LogP) is 3.09. The van der Waals surface area contributed by atoms with Crippen molar-refractivity contribution in [2.75, 3.05) is 0 Å². The average molecular weight is 355 g/mol. The molecule has 0 fully saturated rings. The third-order valence-electron chi connectivity index (χ3n) is 2.61. The summed E-state index contributed by atoms with van der Waals surface area (Å²) >= 11 is 4.39. The lowest BCUT2D eigenvalue weighted by Gasteiger charge is -2.13. The van der Waals surface area contributed by atoms with Crippen LogP contribution in [0.1, 0.15) is 38.8 Å². The van der Waals surface area contributed by atoms with Crippen LogP contribution in [0.15, 0.2) is 34.1 Å². The van der Waals surface area contributed by atoms with Crippen molar-refractivity contribution in [3.05, 3.63) is 50.4 Å². The molecule has 2 aromatic rings. The second kappa shape index (κ2) is 6.15. The van der Waals surface area contributed by atoms with Crippen molar-refractivity contribution in [3.63, 3.8) is 0 Å². The Balaban J connectivity index is 2.08. The summed E-state index contributed by atoms with van der Waals surface area (Å²) in [6.45, 7) is 1.85. The van der Waals surface area contributed by atoms with E-state index < -0.39 is 5.97 Å². The number of hydrogen-bond acceptors (Lipinski definition) is 4. The molecule has 0 aliphatic carbocycles. The minimum Gasteiger partial charge on any atom is -0.476 e. The van der Waals surface area contributed by atoms with Crippen LogP contribution in [-0.4, -0.2) is 22.0 Å². The largest absolute Gasteiger partial charge is 0.476 e. The molecule has 0 aliphatic rings. The van der Waals surface area contributed by atoms with Crippen LogP contribution < -0.4 is 5.32 Å². The molecule has 0 radical (unpaired) electrons. The second-order valence-corrected chi connectivity index (χ2v) is 5.87. The van der Waals surface area contributed by atoms with E-state index in [-0.39, 0.29) is 22.7 Å². The first-order valence-corrected chi connectivity index (χ1v) is 7.40. The zero-order chi connectivity index (χ0) is 14.7. The summed E-state index contributed by atoms with van der Waals surface area (Å²) in [6, 6.07) is 7.40. The number of carbonyl (C=O) groups is 2. The number of carboxylic acid groups (broad SMARTS) is 1. The van der Waals surface area contributed by atoms with Crippen LogP contribution in [-0.2, 0) is 0 Å².